The van der Waals surface area contributed by atoms with Crippen LogP contribution in [0.25, 0.3) is 0 Å². The summed E-state index contributed by atoms with van der Waals surface area (Å²) >= 11 is 0. The predicted molar refractivity (Wildman–Crippen MR) is 152 cm³/mol. The molecule has 2 aromatic carbocycles. The number of hydrogen-bond donors (Lipinski definition) is 1. The number of nitrogens with zero attached hydrogens (tertiary/aromatic N) is 3. The number of hydrogen-bond acceptors (Lipinski definition) is 8. The molecule has 2 atom stereocenters. The molecule has 9 nitrogen and oxygen atoms in total. The van der Waals surface area contributed by atoms with Crippen molar-refractivity contribution in [2.45, 2.75) is 70.2 Å². The Morgan fingerprint density at radius 1 is 1.05 bits per heavy atom. The minimum Gasteiger partial charge on any atom is -0.490 e. The highest BCUT2D eigenvalue weighted by atomic mass is 16.6. The van der Waals surface area contributed by atoms with Gasteiger partial charge in [0.15, 0.2) is 17.3 Å². The van der Waals surface area contributed by atoms with Crippen molar-refractivity contribution in [2.75, 3.05) is 13.7 Å². The fourth-order valence-corrected chi connectivity index (χ4v) is 5.36. The standard InChI is InChI=1S/C31H36N4O5/c1-6-39-24-19-23(28(36)38-5)34-35-26(21-11-8-7-9-12-21)25(32-27(24)35)20-13-15-22(16-14-20)31(17-10-18-31)33-29(37)40-30(2,3)4/h7-9,11-16,19,25-26H,6,10,17-18H2,1-5H3,(H,33,37). The van der Waals surface area contributed by atoms with Crippen molar-refractivity contribution >= 4 is 23.6 Å². The summed E-state index contributed by atoms with van der Waals surface area (Å²) in [6.45, 7) is 7.88. The Kier molecular flexibility index (Phi) is 7.40. The van der Waals surface area contributed by atoms with E-state index < -0.39 is 23.2 Å². The average Bonchev–Trinajstić information content (AvgIpc) is 3.30. The number of hydrazone groups is 1. The fourth-order valence-electron chi connectivity index (χ4n) is 5.36. The molecule has 1 saturated carbocycles. The summed E-state index contributed by atoms with van der Waals surface area (Å²) in [6.07, 6.45) is 3.91. The number of amidine groups is 1. The van der Waals surface area contributed by atoms with Crippen molar-refractivity contribution in [3.63, 3.8) is 0 Å². The number of fused-ring (bicyclic) bond motifs is 1. The number of carbonyl (C=O) groups excluding carboxylic acids is 2. The first-order chi connectivity index (χ1) is 19.1. The van der Waals surface area contributed by atoms with Gasteiger partial charge in [-0.1, -0.05) is 54.6 Å². The van der Waals surface area contributed by atoms with Gasteiger partial charge in [-0.3, -0.25) is 4.99 Å². The Morgan fingerprint density at radius 2 is 1.75 bits per heavy atom. The van der Waals surface area contributed by atoms with Crippen LogP contribution in [0, 0.1) is 0 Å². The van der Waals surface area contributed by atoms with Gasteiger partial charge in [0, 0.05) is 6.08 Å². The third-order valence-electron chi connectivity index (χ3n) is 7.33. The molecule has 0 aromatic heterocycles. The molecule has 2 heterocycles. The Balaban J connectivity index is 1.49. The normalized spacial score (nSPS) is 21.2. The molecule has 2 aromatic rings. The number of nitrogens with one attached hydrogen (secondary N) is 1. The third-order valence-corrected chi connectivity index (χ3v) is 7.33. The first kappa shape index (κ1) is 27.4. The van der Waals surface area contributed by atoms with E-state index in [2.05, 4.69) is 34.7 Å². The molecule has 1 fully saturated rings. The van der Waals surface area contributed by atoms with E-state index in [1.165, 1.54) is 7.11 Å². The van der Waals surface area contributed by atoms with Crippen LogP contribution in [-0.4, -0.2) is 47.9 Å². The molecular weight excluding hydrogens is 508 g/mol. The van der Waals surface area contributed by atoms with Crippen molar-refractivity contribution in [3.8, 4) is 0 Å². The van der Waals surface area contributed by atoms with Gasteiger partial charge < -0.3 is 19.5 Å². The quantitative estimate of drug-likeness (QED) is 0.459. The molecule has 0 radical (unpaired) electrons. The Hall–Kier alpha value is -4.14. The molecule has 1 aliphatic carbocycles. The minimum absolute atomic E-state index is 0.155. The number of amides is 1. The van der Waals surface area contributed by atoms with Gasteiger partial charge in [-0.25, -0.2) is 14.6 Å². The molecule has 2 unspecified atom stereocenters. The van der Waals surface area contributed by atoms with Gasteiger partial charge in [-0.15, -0.1) is 0 Å². The number of rotatable bonds is 7. The van der Waals surface area contributed by atoms with E-state index in [0.717, 1.165) is 36.0 Å². The van der Waals surface area contributed by atoms with E-state index in [0.29, 0.717) is 18.2 Å². The first-order valence-corrected chi connectivity index (χ1v) is 13.7. The van der Waals surface area contributed by atoms with Crippen molar-refractivity contribution in [2.24, 2.45) is 10.1 Å². The zero-order valence-corrected chi connectivity index (χ0v) is 23.6. The van der Waals surface area contributed by atoms with E-state index in [4.69, 9.17) is 19.2 Å². The van der Waals surface area contributed by atoms with E-state index in [1.54, 1.807) is 11.1 Å². The molecule has 0 saturated heterocycles. The lowest BCUT2D eigenvalue weighted by molar-refractivity contribution is -0.132. The van der Waals surface area contributed by atoms with Crippen LogP contribution in [0.2, 0.25) is 0 Å². The summed E-state index contributed by atoms with van der Waals surface area (Å²) in [5, 5.41) is 9.54. The van der Waals surface area contributed by atoms with Crippen LogP contribution in [0.15, 0.2) is 76.5 Å². The molecule has 0 bridgehead atoms. The number of aliphatic imine (C=N–C) groups is 1. The number of benzene rings is 2. The number of ether oxygens (including phenoxy) is 3. The maximum absolute atomic E-state index is 12.6. The lowest BCUT2D eigenvalue weighted by Crippen LogP contribution is -2.52. The van der Waals surface area contributed by atoms with Crippen molar-refractivity contribution in [1.29, 1.82) is 0 Å². The highest BCUT2D eigenvalue weighted by Crippen LogP contribution is 2.46. The predicted octanol–water partition coefficient (Wildman–Crippen LogP) is 5.55. The van der Waals surface area contributed by atoms with Gasteiger partial charge in [0.25, 0.3) is 0 Å². The zero-order valence-electron chi connectivity index (χ0n) is 23.6. The highest BCUT2D eigenvalue weighted by Gasteiger charge is 2.44. The number of esters is 1. The van der Waals surface area contributed by atoms with Crippen molar-refractivity contribution in [1.82, 2.24) is 10.3 Å². The summed E-state index contributed by atoms with van der Waals surface area (Å²) in [4.78, 5) is 30.2. The van der Waals surface area contributed by atoms with Crippen LogP contribution in [0.1, 0.15) is 75.7 Å². The maximum atomic E-state index is 12.6. The van der Waals surface area contributed by atoms with Crippen molar-refractivity contribution in [3.05, 3.63) is 83.1 Å². The second-order valence-electron chi connectivity index (χ2n) is 11.2. The summed E-state index contributed by atoms with van der Waals surface area (Å²) < 4.78 is 16.4. The molecule has 5 rings (SSSR count). The summed E-state index contributed by atoms with van der Waals surface area (Å²) in [7, 11) is 1.33. The topological polar surface area (TPSA) is 102 Å². The molecule has 1 N–H and O–H groups in total. The second-order valence-corrected chi connectivity index (χ2v) is 11.2. The lowest BCUT2D eigenvalue weighted by Gasteiger charge is -2.43. The monoisotopic (exact) mass is 544 g/mol. The Labute approximate surface area is 234 Å². The van der Waals surface area contributed by atoms with Gasteiger partial charge in [-0.2, -0.15) is 5.10 Å². The molecule has 9 heteroatoms. The Morgan fingerprint density at radius 3 is 2.33 bits per heavy atom. The van der Waals surface area contributed by atoms with E-state index in [-0.39, 0.29) is 17.8 Å². The van der Waals surface area contributed by atoms with Gasteiger partial charge in [0.05, 0.1) is 19.3 Å². The molecule has 40 heavy (non-hydrogen) atoms. The minimum atomic E-state index is -0.565. The highest BCUT2D eigenvalue weighted by molar-refractivity contribution is 6.42. The van der Waals surface area contributed by atoms with Crippen LogP contribution >= 0.6 is 0 Å². The molecule has 210 valence electrons. The SMILES string of the molecule is CCOC1=CC(C(=O)OC)=NN2C1=NC(c1ccc(C3(NC(=O)OC(C)(C)C)CCC3)cc1)C2c1ccccc1. The summed E-state index contributed by atoms with van der Waals surface area (Å²) in [6, 6.07) is 17.6. The van der Waals surface area contributed by atoms with Crippen LogP contribution < -0.4 is 5.32 Å². The molecule has 0 spiro atoms. The van der Waals surface area contributed by atoms with E-state index in [1.807, 2.05) is 58.0 Å². The number of alkyl carbamates (subject to hydrolysis) is 1. The van der Waals surface area contributed by atoms with Gasteiger partial charge in [-0.05, 0) is 63.6 Å². The van der Waals surface area contributed by atoms with Gasteiger partial charge in [0.1, 0.15) is 17.7 Å². The number of carbonyl (C=O) groups is 2. The van der Waals surface area contributed by atoms with E-state index >= 15 is 0 Å². The van der Waals surface area contributed by atoms with Gasteiger partial charge in [0.2, 0.25) is 0 Å². The van der Waals surface area contributed by atoms with Crippen molar-refractivity contribution < 1.29 is 23.8 Å². The maximum Gasteiger partial charge on any atom is 0.408 e. The van der Waals surface area contributed by atoms with Crippen LogP contribution in [0.4, 0.5) is 4.79 Å². The molecular formula is C31H36N4O5. The molecule has 2 aliphatic heterocycles. The van der Waals surface area contributed by atoms with Crippen LogP contribution in [0.5, 0.6) is 0 Å². The Bertz CT molecular complexity index is 1350. The number of methoxy groups -OCH3 is 1. The molecule has 3 aliphatic rings. The second kappa shape index (κ2) is 10.8. The zero-order chi connectivity index (χ0) is 28.5. The first-order valence-electron chi connectivity index (χ1n) is 13.7. The summed E-state index contributed by atoms with van der Waals surface area (Å²) in [5.41, 5.74) is 2.17. The van der Waals surface area contributed by atoms with Crippen LogP contribution in [-0.2, 0) is 24.5 Å². The smallest absolute Gasteiger partial charge is 0.408 e. The lowest BCUT2D eigenvalue weighted by atomic mass is 9.71. The molecule has 1 amide bonds. The van der Waals surface area contributed by atoms with Crippen LogP contribution in [0.3, 0.4) is 0 Å². The van der Waals surface area contributed by atoms with Gasteiger partial charge >= 0.3 is 12.1 Å². The third kappa shape index (κ3) is 5.33. The summed E-state index contributed by atoms with van der Waals surface area (Å²) in [5.74, 6) is 0.506. The van der Waals surface area contributed by atoms with E-state index in [9.17, 15) is 9.59 Å². The fraction of sp³-hybridized carbons (Fsp3) is 0.419. The largest absolute Gasteiger partial charge is 0.490 e. The average molecular weight is 545 g/mol.